The fourth-order valence-electron chi connectivity index (χ4n) is 1.80. The van der Waals surface area contributed by atoms with Crippen molar-refractivity contribution in [3.05, 3.63) is 36.0 Å². The highest BCUT2D eigenvalue weighted by Gasteiger charge is 2.18. The number of hydrogen-bond acceptors (Lipinski definition) is 5. The second-order valence-corrected chi connectivity index (χ2v) is 4.91. The maximum Gasteiger partial charge on any atom is 0.317 e. The lowest BCUT2D eigenvalue weighted by Crippen LogP contribution is -2.35. The highest BCUT2D eigenvalue weighted by molar-refractivity contribution is 5.69. The van der Waals surface area contributed by atoms with Crippen molar-refractivity contribution in [2.75, 3.05) is 6.54 Å². The first-order valence-corrected chi connectivity index (χ1v) is 6.50. The third kappa shape index (κ3) is 4.09. The summed E-state index contributed by atoms with van der Waals surface area (Å²) in [6, 6.07) is 5.78. The Morgan fingerprint density at radius 3 is 2.62 bits per heavy atom. The summed E-state index contributed by atoms with van der Waals surface area (Å²) in [6.07, 6.45) is 0. The molecule has 1 N–H and O–H groups in total. The molecule has 0 bridgehead atoms. The summed E-state index contributed by atoms with van der Waals surface area (Å²) in [5.41, 5.74) is 0.640. The summed E-state index contributed by atoms with van der Waals surface area (Å²) in [6.45, 7) is 3.92. The van der Waals surface area contributed by atoms with Gasteiger partial charge in [-0.15, -0.1) is 0 Å². The van der Waals surface area contributed by atoms with Crippen LogP contribution in [0.1, 0.15) is 19.7 Å². The van der Waals surface area contributed by atoms with Gasteiger partial charge in [0.15, 0.2) is 0 Å². The Balaban J connectivity index is 2.11. The van der Waals surface area contributed by atoms with Gasteiger partial charge in [0.2, 0.25) is 11.7 Å². The smallest absolute Gasteiger partial charge is 0.317 e. The van der Waals surface area contributed by atoms with Gasteiger partial charge in [-0.05, 0) is 38.1 Å². The minimum atomic E-state index is -0.915. The molecule has 6 nitrogen and oxygen atoms in total. The Bertz CT molecular complexity index is 610. The summed E-state index contributed by atoms with van der Waals surface area (Å²) >= 11 is 0. The number of aromatic nitrogens is 2. The molecule has 0 spiro atoms. The van der Waals surface area contributed by atoms with E-state index in [1.54, 1.807) is 17.0 Å². The van der Waals surface area contributed by atoms with E-state index < -0.39 is 5.97 Å². The molecule has 0 saturated heterocycles. The first kappa shape index (κ1) is 15.1. The summed E-state index contributed by atoms with van der Waals surface area (Å²) in [5, 5.41) is 12.7. The van der Waals surface area contributed by atoms with Crippen LogP contribution in [0, 0.1) is 5.82 Å². The van der Waals surface area contributed by atoms with Gasteiger partial charge in [-0.3, -0.25) is 9.69 Å². The van der Waals surface area contributed by atoms with Crippen molar-refractivity contribution in [3.8, 4) is 11.4 Å². The molecule has 0 aliphatic rings. The summed E-state index contributed by atoms with van der Waals surface area (Å²) in [7, 11) is 0. The molecule has 0 amide bonds. The molecule has 0 atom stereocenters. The maximum atomic E-state index is 12.9. The molecule has 7 heteroatoms. The zero-order valence-corrected chi connectivity index (χ0v) is 11.8. The zero-order valence-electron chi connectivity index (χ0n) is 11.8. The van der Waals surface area contributed by atoms with Crippen LogP contribution in [0.3, 0.4) is 0 Å². The minimum absolute atomic E-state index is 0.0299. The molecule has 0 fully saturated rings. The standard InChI is InChI=1S/C14H16FN3O3/c1-9(2)18(8-13(19)20)7-12-16-14(17-21-12)10-3-5-11(15)6-4-10/h3-6,9H,7-8H2,1-2H3,(H,19,20). The van der Waals surface area contributed by atoms with E-state index in [0.29, 0.717) is 17.3 Å². The number of benzene rings is 1. The van der Waals surface area contributed by atoms with Crippen molar-refractivity contribution in [2.45, 2.75) is 26.4 Å². The highest BCUT2D eigenvalue weighted by Crippen LogP contribution is 2.17. The second kappa shape index (κ2) is 6.45. The first-order valence-electron chi connectivity index (χ1n) is 6.50. The number of hydrogen-bond donors (Lipinski definition) is 1. The number of halogens is 1. The SMILES string of the molecule is CC(C)N(CC(=O)O)Cc1nc(-c2ccc(F)cc2)no1. The van der Waals surface area contributed by atoms with E-state index in [-0.39, 0.29) is 24.9 Å². The Morgan fingerprint density at radius 1 is 1.38 bits per heavy atom. The van der Waals surface area contributed by atoms with E-state index in [1.165, 1.54) is 12.1 Å². The molecule has 2 aromatic rings. The van der Waals surface area contributed by atoms with Crippen LogP contribution in [0.4, 0.5) is 4.39 Å². The van der Waals surface area contributed by atoms with E-state index >= 15 is 0 Å². The van der Waals surface area contributed by atoms with Crippen molar-refractivity contribution < 1.29 is 18.8 Å². The van der Waals surface area contributed by atoms with Crippen LogP contribution in [-0.4, -0.2) is 38.7 Å². The molecule has 2 rings (SSSR count). The fourth-order valence-corrected chi connectivity index (χ4v) is 1.80. The number of aliphatic carboxylic acids is 1. The van der Waals surface area contributed by atoms with Crippen molar-refractivity contribution >= 4 is 5.97 Å². The summed E-state index contributed by atoms with van der Waals surface area (Å²) in [5.74, 6) is -0.579. The molecule has 1 aromatic carbocycles. The quantitative estimate of drug-likeness (QED) is 0.879. The number of rotatable bonds is 6. The van der Waals surface area contributed by atoms with Gasteiger partial charge in [0.25, 0.3) is 0 Å². The lowest BCUT2D eigenvalue weighted by molar-refractivity contribution is -0.139. The van der Waals surface area contributed by atoms with Crippen molar-refractivity contribution in [1.82, 2.24) is 15.0 Å². The van der Waals surface area contributed by atoms with Crippen molar-refractivity contribution in [1.29, 1.82) is 0 Å². The van der Waals surface area contributed by atoms with E-state index in [2.05, 4.69) is 10.1 Å². The van der Waals surface area contributed by atoms with Gasteiger partial charge in [0.05, 0.1) is 13.1 Å². The number of carboxylic acid groups (broad SMARTS) is 1. The van der Waals surface area contributed by atoms with Gasteiger partial charge in [0.1, 0.15) is 5.82 Å². The van der Waals surface area contributed by atoms with Crippen LogP contribution in [0.2, 0.25) is 0 Å². The Kier molecular flexibility index (Phi) is 4.64. The lowest BCUT2D eigenvalue weighted by atomic mass is 10.2. The number of nitrogens with zero attached hydrogens (tertiary/aromatic N) is 3. The third-order valence-electron chi connectivity index (χ3n) is 2.98. The van der Waals surface area contributed by atoms with Gasteiger partial charge < -0.3 is 9.63 Å². The van der Waals surface area contributed by atoms with E-state index in [4.69, 9.17) is 9.63 Å². The molecular formula is C14H16FN3O3. The number of carboxylic acids is 1. The van der Waals surface area contributed by atoms with Crippen LogP contribution in [-0.2, 0) is 11.3 Å². The first-order chi connectivity index (χ1) is 9.95. The normalized spacial score (nSPS) is 11.3. The predicted molar refractivity (Wildman–Crippen MR) is 72.9 cm³/mol. The summed E-state index contributed by atoms with van der Waals surface area (Å²) in [4.78, 5) is 16.7. The Morgan fingerprint density at radius 2 is 2.05 bits per heavy atom. The topological polar surface area (TPSA) is 79.5 Å². The van der Waals surface area contributed by atoms with E-state index in [1.807, 2.05) is 13.8 Å². The monoisotopic (exact) mass is 293 g/mol. The Hall–Kier alpha value is -2.28. The summed E-state index contributed by atoms with van der Waals surface area (Å²) < 4.78 is 18.0. The zero-order chi connectivity index (χ0) is 15.4. The Labute approximate surface area is 121 Å². The largest absolute Gasteiger partial charge is 0.480 e. The predicted octanol–water partition coefficient (Wildman–Crippen LogP) is 2.17. The van der Waals surface area contributed by atoms with Gasteiger partial charge in [-0.2, -0.15) is 4.98 Å². The average Bonchev–Trinajstić information content (AvgIpc) is 2.87. The van der Waals surface area contributed by atoms with E-state index in [0.717, 1.165) is 0 Å². The van der Waals surface area contributed by atoms with Crippen LogP contribution >= 0.6 is 0 Å². The van der Waals surface area contributed by atoms with Gasteiger partial charge in [-0.25, -0.2) is 4.39 Å². The molecule has 0 aliphatic heterocycles. The minimum Gasteiger partial charge on any atom is -0.480 e. The van der Waals surface area contributed by atoms with Crippen LogP contribution in [0.5, 0.6) is 0 Å². The van der Waals surface area contributed by atoms with Gasteiger partial charge in [0, 0.05) is 11.6 Å². The molecule has 0 aliphatic carbocycles. The third-order valence-corrected chi connectivity index (χ3v) is 2.98. The maximum absolute atomic E-state index is 12.9. The highest BCUT2D eigenvalue weighted by atomic mass is 19.1. The molecule has 112 valence electrons. The van der Waals surface area contributed by atoms with E-state index in [9.17, 15) is 9.18 Å². The molecule has 0 unspecified atom stereocenters. The molecule has 0 saturated carbocycles. The fraction of sp³-hybridized carbons (Fsp3) is 0.357. The number of carbonyl (C=O) groups is 1. The molecular weight excluding hydrogens is 277 g/mol. The van der Waals surface area contributed by atoms with Crippen molar-refractivity contribution in [2.24, 2.45) is 0 Å². The average molecular weight is 293 g/mol. The van der Waals surface area contributed by atoms with Gasteiger partial charge >= 0.3 is 5.97 Å². The molecule has 0 radical (unpaired) electrons. The van der Waals surface area contributed by atoms with Crippen LogP contribution in [0.15, 0.2) is 28.8 Å². The lowest BCUT2D eigenvalue weighted by Gasteiger charge is -2.22. The second-order valence-electron chi connectivity index (χ2n) is 4.91. The molecule has 1 aromatic heterocycles. The molecule has 1 heterocycles. The van der Waals surface area contributed by atoms with Gasteiger partial charge in [-0.1, -0.05) is 5.16 Å². The molecule has 21 heavy (non-hydrogen) atoms. The van der Waals surface area contributed by atoms with Crippen LogP contribution < -0.4 is 0 Å². The van der Waals surface area contributed by atoms with Crippen LogP contribution in [0.25, 0.3) is 11.4 Å². The van der Waals surface area contributed by atoms with Crippen molar-refractivity contribution in [3.63, 3.8) is 0 Å².